The molecule has 21 heavy (non-hydrogen) atoms. The fraction of sp³-hybridized carbons (Fsp3) is 0.533. The summed E-state index contributed by atoms with van der Waals surface area (Å²) in [7, 11) is 0. The second kappa shape index (κ2) is 5.33. The molecule has 0 aliphatic carbocycles. The molecule has 112 valence electrons. The number of likely N-dealkylation sites (tertiary alicyclic amines) is 1. The molecule has 3 heterocycles. The summed E-state index contributed by atoms with van der Waals surface area (Å²) in [5.41, 5.74) is 1.03. The average molecular weight is 305 g/mol. The third-order valence-corrected chi connectivity index (χ3v) is 5.47. The van der Waals surface area contributed by atoms with Gasteiger partial charge in [0.25, 0.3) is 0 Å². The molecule has 1 aromatic heterocycles. The van der Waals surface area contributed by atoms with Crippen molar-refractivity contribution in [2.75, 3.05) is 18.8 Å². The Balaban J connectivity index is 1.56. The van der Waals surface area contributed by atoms with Crippen LogP contribution >= 0.6 is 11.8 Å². The zero-order chi connectivity index (χ0) is 15.0. The van der Waals surface area contributed by atoms with Gasteiger partial charge in [0.05, 0.1) is 4.75 Å². The third kappa shape index (κ3) is 2.77. The molecule has 2 fully saturated rings. The average Bonchev–Trinajstić information content (AvgIpc) is 2.41. The summed E-state index contributed by atoms with van der Waals surface area (Å²) in [5.74, 6) is 0.929. The van der Waals surface area contributed by atoms with Gasteiger partial charge in [-0.15, -0.1) is 11.8 Å². The summed E-state index contributed by atoms with van der Waals surface area (Å²) in [6.07, 6.45) is 1.78. The number of carbonyl (C=O) groups excluding carboxylic acids is 2. The number of amides is 2. The van der Waals surface area contributed by atoms with E-state index in [9.17, 15) is 9.59 Å². The Morgan fingerprint density at radius 1 is 1.43 bits per heavy atom. The minimum Gasteiger partial charge on any atom is -0.342 e. The number of hydrogen-bond acceptors (Lipinski definition) is 4. The van der Waals surface area contributed by atoms with E-state index in [1.165, 1.54) is 0 Å². The first-order valence-corrected chi connectivity index (χ1v) is 8.10. The van der Waals surface area contributed by atoms with E-state index in [1.54, 1.807) is 18.0 Å². The molecule has 1 atom stereocenters. The van der Waals surface area contributed by atoms with Gasteiger partial charge < -0.3 is 10.2 Å². The van der Waals surface area contributed by atoms with Gasteiger partial charge in [0.2, 0.25) is 11.8 Å². The maximum absolute atomic E-state index is 12.4. The van der Waals surface area contributed by atoms with Crippen LogP contribution < -0.4 is 5.32 Å². The van der Waals surface area contributed by atoms with Crippen molar-refractivity contribution in [1.82, 2.24) is 15.2 Å². The zero-order valence-corrected chi connectivity index (χ0v) is 13.0. The molecule has 0 bridgehead atoms. The van der Waals surface area contributed by atoms with Gasteiger partial charge in [0.15, 0.2) is 0 Å². The number of nitrogens with zero attached hydrogens (tertiary/aromatic N) is 2. The Bertz CT molecular complexity index is 555. The minimum absolute atomic E-state index is 0.0264. The van der Waals surface area contributed by atoms with Gasteiger partial charge in [-0.2, -0.15) is 0 Å². The molecule has 2 saturated heterocycles. The second-order valence-corrected chi connectivity index (χ2v) is 7.68. The number of nitrogens with one attached hydrogen (secondary N) is 1. The Hall–Kier alpha value is -1.56. The van der Waals surface area contributed by atoms with Crippen LogP contribution in [-0.4, -0.2) is 51.3 Å². The van der Waals surface area contributed by atoms with Crippen molar-refractivity contribution in [1.29, 1.82) is 0 Å². The predicted molar refractivity (Wildman–Crippen MR) is 82.0 cm³/mol. The van der Waals surface area contributed by atoms with E-state index in [1.807, 2.05) is 36.9 Å². The first-order chi connectivity index (χ1) is 9.97. The highest BCUT2D eigenvalue weighted by atomic mass is 32.2. The van der Waals surface area contributed by atoms with E-state index in [-0.39, 0.29) is 17.9 Å². The number of aromatic nitrogens is 1. The van der Waals surface area contributed by atoms with Crippen molar-refractivity contribution in [3.05, 3.63) is 30.1 Å². The lowest BCUT2D eigenvalue weighted by Gasteiger charge is -2.42. The maximum Gasteiger partial charge on any atom is 0.246 e. The van der Waals surface area contributed by atoms with Gasteiger partial charge in [-0.3, -0.25) is 14.6 Å². The van der Waals surface area contributed by atoms with Crippen LogP contribution in [0, 0.1) is 0 Å². The number of hydrogen-bond donors (Lipinski definition) is 1. The van der Waals surface area contributed by atoms with Crippen LogP contribution in [-0.2, 0) is 9.59 Å². The van der Waals surface area contributed by atoms with E-state index >= 15 is 0 Å². The van der Waals surface area contributed by atoms with Crippen molar-refractivity contribution < 1.29 is 9.59 Å². The molecule has 3 rings (SSSR count). The van der Waals surface area contributed by atoms with E-state index in [4.69, 9.17) is 0 Å². The Morgan fingerprint density at radius 3 is 2.81 bits per heavy atom. The summed E-state index contributed by atoms with van der Waals surface area (Å²) >= 11 is 1.54. The fourth-order valence-electron chi connectivity index (χ4n) is 2.55. The topological polar surface area (TPSA) is 62.3 Å². The SMILES string of the molecule is CC1(C)SCC(C(=O)N2CC(c3ccccn3)C2)NC1=O. The third-order valence-electron chi connectivity index (χ3n) is 4.06. The molecule has 6 heteroatoms. The van der Waals surface area contributed by atoms with Crippen molar-refractivity contribution in [2.45, 2.75) is 30.6 Å². The van der Waals surface area contributed by atoms with Crippen molar-refractivity contribution >= 4 is 23.6 Å². The highest BCUT2D eigenvalue weighted by molar-refractivity contribution is 8.01. The Kier molecular flexibility index (Phi) is 3.65. The number of carbonyl (C=O) groups is 2. The van der Waals surface area contributed by atoms with Crippen LogP contribution in [0.4, 0.5) is 0 Å². The molecule has 0 spiro atoms. The molecule has 2 amide bonds. The minimum atomic E-state index is -0.442. The lowest BCUT2D eigenvalue weighted by molar-refractivity contribution is -0.140. The van der Waals surface area contributed by atoms with E-state index in [0.717, 1.165) is 5.69 Å². The summed E-state index contributed by atoms with van der Waals surface area (Å²) in [6, 6.07) is 5.46. The molecule has 0 saturated carbocycles. The number of thioether (sulfide) groups is 1. The standard InChI is InChI=1S/C15H19N3O2S/c1-15(2)14(20)17-12(9-21-15)13(19)18-7-10(8-18)11-5-3-4-6-16-11/h3-6,10,12H,7-9H2,1-2H3,(H,17,20). The monoisotopic (exact) mass is 305 g/mol. The molecule has 1 aromatic rings. The Morgan fingerprint density at radius 2 is 2.19 bits per heavy atom. The summed E-state index contributed by atoms with van der Waals surface area (Å²) in [4.78, 5) is 30.5. The van der Waals surface area contributed by atoms with Crippen LogP contribution in [0.5, 0.6) is 0 Å². The number of rotatable bonds is 2. The molecular weight excluding hydrogens is 286 g/mol. The molecule has 0 aromatic carbocycles. The second-order valence-electron chi connectivity index (χ2n) is 6.04. The number of pyridine rings is 1. The lowest BCUT2D eigenvalue weighted by atomic mass is 9.95. The largest absolute Gasteiger partial charge is 0.342 e. The fourth-order valence-corrected chi connectivity index (χ4v) is 3.55. The van der Waals surface area contributed by atoms with Gasteiger partial charge in [0, 0.05) is 36.7 Å². The molecule has 2 aliphatic rings. The van der Waals surface area contributed by atoms with E-state index in [2.05, 4.69) is 10.3 Å². The molecule has 1 N–H and O–H groups in total. The molecule has 2 aliphatic heterocycles. The quantitative estimate of drug-likeness (QED) is 0.886. The van der Waals surface area contributed by atoms with Crippen LogP contribution in [0.1, 0.15) is 25.5 Å². The molecule has 5 nitrogen and oxygen atoms in total. The van der Waals surface area contributed by atoms with Crippen LogP contribution in [0.15, 0.2) is 24.4 Å². The van der Waals surface area contributed by atoms with Crippen molar-refractivity contribution in [3.63, 3.8) is 0 Å². The van der Waals surface area contributed by atoms with E-state index < -0.39 is 4.75 Å². The predicted octanol–water partition coefficient (Wildman–Crippen LogP) is 1.02. The highest BCUT2D eigenvalue weighted by Gasteiger charge is 2.42. The van der Waals surface area contributed by atoms with Crippen molar-refractivity contribution in [2.24, 2.45) is 0 Å². The van der Waals surface area contributed by atoms with Gasteiger partial charge in [-0.05, 0) is 26.0 Å². The first kappa shape index (κ1) is 14.4. The lowest BCUT2D eigenvalue weighted by Crippen LogP contribution is -2.61. The normalized spacial score (nSPS) is 25.1. The maximum atomic E-state index is 12.4. The first-order valence-electron chi connectivity index (χ1n) is 7.12. The van der Waals surface area contributed by atoms with Gasteiger partial charge in [-0.1, -0.05) is 6.07 Å². The molecule has 0 radical (unpaired) electrons. The summed E-state index contributed by atoms with van der Waals surface area (Å²) in [6.45, 7) is 5.15. The van der Waals surface area contributed by atoms with Crippen LogP contribution in [0.3, 0.4) is 0 Å². The van der Waals surface area contributed by atoms with Gasteiger partial charge in [-0.25, -0.2) is 0 Å². The molecular formula is C15H19N3O2S. The Labute approximate surface area is 128 Å². The highest BCUT2D eigenvalue weighted by Crippen LogP contribution is 2.31. The summed E-state index contributed by atoms with van der Waals surface area (Å²) in [5, 5.41) is 2.84. The van der Waals surface area contributed by atoms with Crippen LogP contribution in [0.25, 0.3) is 0 Å². The summed E-state index contributed by atoms with van der Waals surface area (Å²) < 4.78 is -0.442. The van der Waals surface area contributed by atoms with Crippen LogP contribution in [0.2, 0.25) is 0 Å². The van der Waals surface area contributed by atoms with Crippen molar-refractivity contribution in [3.8, 4) is 0 Å². The molecule has 1 unspecified atom stereocenters. The zero-order valence-electron chi connectivity index (χ0n) is 12.2. The smallest absolute Gasteiger partial charge is 0.246 e. The van der Waals surface area contributed by atoms with Gasteiger partial charge in [0.1, 0.15) is 6.04 Å². The van der Waals surface area contributed by atoms with E-state index in [0.29, 0.717) is 24.8 Å². The van der Waals surface area contributed by atoms with Gasteiger partial charge >= 0.3 is 0 Å².